The quantitative estimate of drug-likeness (QED) is 0.693. The van der Waals surface area contributed by atoms with Crippen LogP contribution in [0.2, 0.25) is 0 Å². The molecule has 0 aromatic carbocycles. The lowest BCUT2D eigenvalue weighted by Gasteiger charge is -2.62. The van der Waals surface area contributed by atoms with Gasteiger partial charge in [-0.2, -0.15) is 0 Å². The van der Waals surface area contributed by atoms with Gasteiger partial charge < -0.3 is 9.84 Å². The Kier molecular flexibility index (Phi) is 2.84. The molecule has 0 aromatic rings. The van der Waals surface area contributed by atoms with Crippen molar-refractivity contribution in [3.63, 3.8) is 0 Å². The Labute approximate surface area is 143 Å². The summed E-state index contributed by atoms with van der Waals surface area (Å²) in [6.07, 6.45) is 6.53. The second kappa shape index (κ2) is 4.44. The van der Waals surface area contributed by atoms with E-state index >= 15 is 0 Å². The van der Waals surface area contributed by atoms with Gasteiger partial charge in [-0.25, -0.2) is 0 Å². The highest BCUT2D eigenvalue weighted by Crippen LogP contribution is 2.72. The third kappa shape index (κ3) is 1.47. The first-order valence-electron chi connectivity index (χ1n) is 9.75. The molecule has 24 heavy (non-hydrogen) atoms. The minimum Gasteiger partial charge on any atom is -0.458 e. The van der Waals surface area contributed by atoms with Crippen molar-refractivity contribution in [2.45, 2.75) is 76.9 Å². The first-order valence-corrected chi connectivity index (χ1v) is 9.75. The van der Waals surface area contributed by atoms with Crippen LogP contribution in [0.5, 0.6) is 0 Å². The van der Waals surface area contributed by atoms with Gasteiger partial charge in [-0.3, -0.25) is 9.59 Å². The third-order valence-corrected chi connectivity index (χ3v) is 9.28. The molecule has 0 amide bonds. The monoisotopic (exact) mass is 332 g/mol. The Morgan fingerprint density at radius 3 is 2.62 bits per heavy atom. The fourth-order valence-electron chi connectivity index (χ4n) is 7.83. The van der Waals surface area contributed by atoms with Gasteiger partial charge in [-0.1, -0.05) is 13.8 Å². The molecule has 5 fully saturated rings. The smallest absolute Gasteiger partial charge is 0.310 e. The van der Waals surface area contributed by atoms with Crippen LogP contribution in [0.15, 0.2) is 0 Å². The molecular weight excluding hydrogens is 304 g/mol. The van der Waals surface area contributed by atoms with E-state index in [-0.39, 0.29) is 17.3 Å². The highest BCUT2D eigenvalue weighted by atomic mass is 16.6. The molecular formula is C20H28O4. The SMILES string of the molecule is C[C@]12CCC(=O)C[C@H]1CC[C@@H]1[C@@H]2C[C@@H](O)[C@]2(C)[C@@H]3CC[C@]12OC3=O. The van der Waals surface area contributed by atoms with Crippen LogP contribution in [0.25, 0.3) is 0 Å². The van der Waals surface area contributed by atoms with Gasteiger partial charge in [-0.05, 0) is 55.8 Å². The van der Waals surface area contributed by atoms with Crippen molar-refractivity contribution in [1.29, 1.82) is 0 Å². The van der Waals surface area contributed by atoms with Gasteiger partial charge in [0.25, 0.3) is 0 Å². The highest BCUT2D eigenvalue weighted by molar-refractivity contribution is 5.80. The molecule has 0 radical (unpaired) electrons. The second-order valence-corrected chi connectivity index (χ2v) is 9.67. The van der Waals surface area contributed by atoms with E-state index in [9.17, 15) is 14.7 Å². The maximum atomic E-state index is 12.4. The van der Waals surface area contributed by atoms with Gasteiger partial charge in [0.1, 0.15) is 11.4 Å². The number of ketones is 1. The molecule has 1 heterocycles. The molecule has 4 heteroatoms. The van der Waals surface area contributed by atoms with E-state index in [0.29, 0.717) is 36.4 Å². The maximum absolute atomic E-state index is 12.4. The molecule has 8 atom stereocenters. The first-order chi connectivity index (χ1) is 11.3. The van der Waals surface area contributed by atoms with Crippen molar-refractivity contribution in [1.82, 2.24) is 0 Å². The molecule has 0 aromatic heterocycles. The van der Waals surface area contributed by atoms with Crippen LogP contribution in [0.4, 0.5) is 0 Å². The molecule has 2 bridgehead atoms. The van der Waals surface area contributed by atoms with Crippen LogP contribution in [0, 0.1) is 34.5 Å². The lowest BCUT2D eigenvalue weighted by Crippen LogP contribution is -2.65. The predicted octanol–water partition coefficient (Wildman–Crippen LogP) is 2.86. The van der Waals surface area contributed by atoms with E-state index < -0.39 is 17.1 Å². The van der Waals surface area contributed by atoms with Crippen molar-refractivity contribution in [3.8, 4) is 0 Å². The van der Waals surface area contributed by atoms with E-state index in [4.69, 9.17) is 4.74 Å². The van der Waals surface area contributed by atoms with Crippen molar-refractivity contribution in [3.05, 3.63) is 0 Å². The van der Waals surface area contributed by atoms with Crippen molar-refractivity contribution < 1.29 is 19.4 Å². The van der Waals surface area contributed by atoms with Gasteiger partial charge in [0.15, 0.2) is 0 Å². The summed E-state index contributed by atoms with van der Waals surface area (Å²) in [5, 5.41) is 11.1. The number of carbonyl (C=O) groups is 2. The Hall–Kier alpha value is -0.900. The zero-order valence-corrected chi connectivity index (χ0v) is 14.7. The number of rotatable bonds is 0. The Bertz CT molecular complexity index is 629. The average Bonchev–Trinajstić information content (AvgIpc) is 2.96. The van der Waals surface area contributed by atoms with E-state index in [1.165, 1.54) is 0 Å². The number of hydrogen-bond donors (Lipinski definition) is 1. The number of hydrogen-bond acceptors (Lipinski definition) is 4. The lowest BCUT2D eigenvalue weighted by atomic mass is 9.43. The molecule has 4 aliphatic carbocycles. The maximum Gasteiger partial charge on any atom is 0.310 e. The molecule has 132 valence electrons. The van der Waals surface area contributed by atoms with Crippen molar-refractivity contribution >= 4 is 11.8 Å². The fraction of sp³-hybridized carbons (Fsp3) is 0.900. The van der Waals surface area contributed by atoms with Crippen LogP contribution in [0.1, 0.15) is 65.2 Å². The Balaban J connectivity index is 1.59. The van der Waals surface area contributed by atoms with Crippen LogP contribution in [-0.4, -0.2) is 28.6 Å². The summed E-state index contributed by atoms with van der Waals surface area (Å²) in [6, 6.07) is 0. The standard InChI is InChI=1S/C20H28O4/c1-18-7-5-12(21)9-11(18)3-4-13-15(18)10-16(22)19(2)14-6-8-20(13,19)24-17(14)23/h11,13-16,22H,3-10H2,1-2H3/t11-,13-,14-,15+,16-,18+,19+,20+/m1/s1. The molecule has 1 aliphatic heterocycles. The average molecular weight is 332 g/mol. The van der Waals surface area contributed by atoms with Gasteiger partial charge in [-0.15, -0.1) is 0 Å². The van der Waals surface area contributed by atoms with Gasteiger partial charge in [0.05, 0.1) is 12.0 Å². The first kappa shape index (κ1) is 15.4. The summed E-state index contributed by atoms with van der Waals surface area (Å²) < 4.78 is 6.07. The van der Waals surface area contributed by atoms with Crippen LogP contribution < -0.4 is 0 Å². The lowest BCUT2D eigenvalue weighted by molar-refractivity contribution is -0.223. The number of aliphatic hydroxyl groups is 1. The fourth-order valence-corrected chi connectivity index (χ4v) is 7.83. The minimum absolute atomic E-state index is 0.0745. The van der Waals surface area contributed by atoms with E-state index in [0.717, 1.165) is 38.5 Å². The predicted molar refractivity (Wildman–Crippen MR) is 86.9 cm³/mol. The highest BCUT2D eigenvalue weighted by Gasteiger charge is 2.77. The molecule has 5 rings (SSSR count). The van der Waals surface area contributed by atoms with Crippen LogP contribution in [-0.2, 0) is 14.3 Å². The largest absolute Gasteiger partial charge is 0.458 e. The van der Waals surface area contributed by atoms with Gasteiger partial charge in [0, 0.05) is 24.2 Å². The molecule has 0 unspecified atom stereocenters. The molecule has 5 aliphatic rings. The van der Waals surface area contributed by atoms with Gasteiger partial charge in [0.2, 0.25) is 0 Å². The van der Waals surface area contributed by atoms with Crippen molar-refractivity contribution in [2.24, 2.45) is 34.5 Å². The summed E-state index contributed by atoms with van der Waals surface area (Å²) in [5.41, 5.74) is -0.744. The van der Waals surface area contributed by atoms with E-state index in [1.807, 2.05) is 0 Å². The topological polar surface area (TPSA) is 63.6 Å². The van der Waals surface area contributed by atoms with E-state index in [1.54, 1.807) is 0 Å². The summed E-state index contributed by atoms with van der Waals surface area (Å²) in [4.78, 5) is 24.4. The number of aliphatic hydroxyl groups excluding tert-OH is 1. The second-order valence-electron chi connectivity index (χ2n) is 9.67. The summed E-state index contributed by atoms with van der Waals surface area (Å²) in [7, 11) is 0. The summed E-state index contributed by atoms with van der Waals surface area (Å²) in [6.45, 7) is 4.45. The molecule has 4 nitrogen and oxygen atoms in total. The number of fused-ring (bicyclic) bond motifs is 3. The normalized spacial score (nSPS) is 58.7. The molecule has 0 spiro atoms. The zero-order valence-electron chi connectivity index (χ0n) is 14.7. The summed E-state index contributed by atoms with van der Waals surface area (Å²) >= 11 is 0. The number of esters is 1. The minimum atomic E-state index is -0.467. The number of Topliss-reactive ketones (excluding diaryl/α,β-unsaturated/α-hetero) is 1. The molecule has 1 saturated heterocycles. The van der Waals surface area contributed by atoms with E-state index in [2.05, 4.69) is 13.8 Å². The zero-order chi connectivity index (χ0) is 16.9. The summed E-state index contributed by atoms with van der Waals surface area (Å²) in [5.74, 6) is 1.39. The van der Waals surface area contributed by atoms with Crippen molar-refractivity contribution in [2.75, 3.05) is 0 Å². The van der Waals surface area contributed by atoms with Crippen LogP contribution in [0.3, 0.4) is 0 Å². The third-order valence-electron chi connectivity index (χ3n) is 9.28. The number of carbonyl (C=O) groups excluding carboxylic acids is 2. The van der Waals surface area contributed by atoms with Crippen LogP contribution >= 0.6 is 0 Å². The Morgan fingerprint density at radius 1 is 1.08 bits per heavy atom. The number of ether oxygens (including phenoxy) is 1. The Morgan fingerprint density at radius 2 is 1.88 bits per heavy atom. The van der Waals surface area contributed by atoms with Gasteiger partial charge >= 0.3 is 5.97 Å². The molecule has 4 saturated carbocycles. The molecule has 1 N–H and O–H groups in total.